The van der Waals surface area contributed by atoms with Crippen LogP contribution >= 0.6 is 0 Å². The van der Waals surface area contributed by atoms with E-state index in [0.717, 1.165) is 45.8 Å². The molecular weight excluding hydrogens is 450 g/mol. The van der Waals surface area contributed by atoms with Gasteiger partial charge in [0, 0.05) is 16.7 Å². The molecule has 4 aromatic rings. The molecular formula is C34H33N3. The van der Waals surface area contributed by atoms with Gasteiger partial charge in [-0.1, -0.05) is 80.6 Å². The minimum absolute atomic E-state index is 0.326. The standard InChI is InChI=1S/C34H33N3/c1-23-16-26-17-24(2)20-34(19-23,21-26)30-14-12-28(13-15-30)32-18-31(27-10-8-25(22-35)9-11-27)36-33(37-32)29-6-4-3-5-7-29/h3-15,18,23-24,26H,16-17,19-21H2,1-2H3/t23-,24+,26?,34?. The summed E-state index contributed by atoms with van der Waals surface area (Å²) >= 11 is 0. The van der Waals surface area contributed by atoms with E-state index in [2.05, 4.69) is 62.4 Å². The third kappa shape index (κ3) is 4.69. The van der Waals surface area contributed by atoms with Gasteiger partial charge in [-0.2, -0.15) is 5.26 Å². The lowest BCUT2D eigenvalue weighted by Gasteiger charge is -2.50. The van der Waals surface area contributed by atoms with Crippen LogP contribution in [-0.4, -0.2) is 9.97 Å². The molecule has 3 aromatic carbocycles. The fourth-order valence-corrected chi connectivity index (χ4v) is 7.23. The first-order valence-electron chi connectivity index (χ1n) is 13.6. The summed E-state index contributed by atoms with van der Waals surface area (Å²) < 4.78 is 0. The molecule has 2 bridgehead atoms. The van der Waals surface area contributed by atoms with Crippen molar-refractivity contribution in [1.82, 2.24) is 9.97 Å². The van der Waals surface area contributed by atoms with Crippen LogP contribution in [0.1, 0.15) is 57.1 Å². The van der Waals surface area contributed by atoms with E-state index in [9.17, 15) is 5.26 Å². The number of nitriles is 1. The molecule has 0 saturated heterocycles. The molecule has 37 heavy (non-hydrogen) atoms. The van der Waals surface area contributed by atoms with Crippen molar-refractivity contribution < 1.29 is 0 Å². The van der Waals surface area contributed by atoms with Crippen molar-refractivity contribution in [3.8, 4) is 40.0 Å². The van der Waals surface area contributed by atoms with Gasteiger partial charge in [0.1, 0.15) is 0 Å². The Morgan fingerprint density at radius 1 is 0.703 bits per heavy atom. The zero-order valence-electron chi connectivity index (χ0n) is 21.7. The highest BCUT2D eigenvalue weighted by molar-refractivity contribution is 5.72. The van der Waals surface area contributed by atoms with Gasteiger partial charge in [-0.15, -0.1) is 0 Å². The average Bonchev–Trinajstić information content (AvgIpc) is 2.92. The van der Waals surface area contributed by atoms with E-state index in [0.29, 0.717) is 16.8 Å². The highest BCUT2D eigenvalue weighted by Gasteiger charge is 2.45. The molecule has 184 valence electrons. The summed E-state index contributed by atoms with van der Waals surface area (Å²) in [6, 6.07) is 31.3. The number of fused-ring (bicyclic) bond motifs is 2. The highest BCUT2D eigenvalue weighted by Crippen LogP contribution is 2.54. The van der Waals surface area contributed by atoms with Gasteiger partial charge in [0.25, 0.3) is 0 Å². The summed E-state index contributed by atoms with van der Waals surface area (Å²) in [6.45, 7) is 4.89. The maximum atomic E-state index is 9.21. The second-order valence-electron chi connectivity index (χ2n) is 11.5. The summed E-state index contributed by atoms with van der Waals surface area (Å²) in [5, 5.41) is 9.21. The van der Waals surface area contributed by atoms with Crippen molar-refractivity contribution >= 4 is 0 Å². The molecule has 2 fully saturated rings. The van der Waals surface area contributed by atoms with Crippen molar-refractivity contribution in [2.24, 2.45) is 17.8 Å². The zero-order chi connectivity index (χ0) is 25.4. The number of nitrogens with zero attached hydrogens (tertiary/aromatic N) is 3. The molecule has 0 aliphatic heterocycles. The molecule has 0 N–H and O–H groups in total. The van der Waals surface area contributed by atoms with Gasteiger partial charge >= 0.3 is 0 Å². The Kier molecular flexibility index (Phi) is 6.13. The van der Waals surface area contributed by atoms with Crippen LogP contribution in [-0.2, 0) is 5.41 Å². The van der Waals surface area contributed by atoms with Gasteiger partial charge in [0.2, 0.25) is 0 Å². The second kappa shape index (κ2) is 9.60. The fraction of sp³-hybridized carbons (Fsp3) is 0.324. The van der Waals surface area contributed by atoms with Gasteiger partial charge in [-0.25, -0.2) is 9.97 Å². The average molecular weight is 484 g/mol. The zero-order valence-corrected chi connectivity index (χ0v) is 21.7. The fourth-order valence-electron chi connectivity index (χ4n) is 7.23. The summed E-state index contributed by atoms with van der Waals surface area (Å²) in [7, 11) is 0. The molecule has 2 aliphatic carbocycles. The number of aromatic nitrogens is 2. The van der Waals surface area contributed by atoms with Crippen LogP contribution in [0.4, 0.5) is 0 Å². The van der Waals surface area contributed by atoms with Crippen molar-refractivity contribution in [2.45, 2.75) is 51.4 Å². The summed E-state index contributed by atoms with van der Waals surface area (Å²) in [5.41, 5.74) is 7.34. The second-order valence-corrected chi connectivity index (χ2v) is 11.5. The monoisotopic (exact) mass is 483 g/mol. The minimum Gasteiger partial charge on any atom is -0.228 e. The summed E-state index contributed by atoms with van der Waals surface area (Å²) in [6.07, 6.45) is 6.75. The van der Waals surface area contributed by atoms with Crippen LogP contribution in [0.2, 0.25) is 0 Å². The number of hydrogen-bond acceptors (Lipinski definition) is 3. The third-order valence-corrected chi connectivity index (χ3v) is 8.49. The molecule has 1 heterocycles. The Hall–Kier alpha value is -3.77. The summed E-state index contributed by atoms with van der Waals surface area (Å²) in [5.74, 6) is 3.19. The molecule has 1 aromatic heterocycles. The van der Waals surface area contributed by atoms with E-state index >= 15 is 0 Å². The van der Waals surface area contributed by atoms with Crippen LogP contribution in [0.15, 0.2) is 84.9 Å². The maximum Gasteiger partial charge on any atom is 0.160 e. The van der Waals surface area contributed by atoms with Crippen LogP contribution < -0.4 is 0 Å². The Morgan fingerprint density at radius 3 is 1.84 bits per heavy atom. The van der Waals surface area contributed by atoms with Crippen LogP contribution in [0.3, 0.4) is 0 Å². The Bertz CT molecular complexity index is 1410. The van der Waals surface area contributed by atoms with Crippen molar-refractivity contribution in [3.05, 3.63) is 96.1 Å². The van der Waals surface area contributed by atoms with Crippen LogP contribution in [0.25, 0.3) is 33.9 Å². The van der Waals surface area contributed by atoms with Gasteiger partial charge in [-0.05, 0) is 79.0 Å². The smallest absolute Gasteiger partial charge is 0.160 e. The first-order chi connectivity index (χ1) is 18.0. The van der Waals surface area contributed by atoms with E-state index in [1.807, 2.05) is 42.5 Å². The molecule has 0 spiro atoms. The highest BCUT2D eigenvalue weighted by atomic mass is 14.9. The molecule has 0 radical (unpaired) electrons. The topological polar surface area (TPSA) is 49.6 Å². The van der Waals surface area contributed by atoms with Crippen molar-refractivity contribution in [1.29, 1.82) is 5.26 Å². The van der Waals surface area contributed by atoms with Gasteiger partial charge in [-0.3, -0.25) is 0 Å². The normalized spacial score (nSPS) is 24.8. The lowest BCUT2D eigenvalue weighted by atomic mass is 9.54. The largest absolute Gasteiger partial charge is 0.228 e. The molecule has 2 saturated carbocycles. The molecule has 3 heteroatoms. The predicted octanol–water partition coefficient (Wildman–Crippen LogP) is 8.45. The lowest BCUT2D eigenvalue weighted by Crippen LogP contribution is -2.42. The number of hydrogen-bond donors (Lipinski definition) is 0. The van der Waals surface area contributed by atoms with E-state index in [1.165, 1.54) is 37.7 Å². The van der Waals surface area contributed by atoms with Crippen molar-refractivity contribution in [2.75, 3.05) is 0 Å². The van der Waals surface area contributed by atoms with E-state index in [4.69, 9.17) is 9.97 Å². The molecule has 6 rings (SSSR count). The first-order valence-corrected chi connectivity index (χ1v) is 13.6. The minimum atomic E-state index is 0.326. The van der Waals surface area contributed by atoms with Crippen LogP contribution in [0, 0.1) is 29.1 Å². The Morgan fingerprint density at radius 2 is 1.27 bits per heavy atom. The lowest BCUT2D eigenvalue weighted by molar-refractivity contribution is 0.0780. The van der Waals surface area contributed by atoms with Crippen molar-refractivity contribution in [3.63, 3.8) is 0 Å². The number of benzene rings is 3. The van der Waals surface area contributed by atoms with E-state index < -0.39 is 0 Å². The molecule has 2 unspecified atom stereocenters. The van der Waals surface area contributed by atoms with E-state index in [-0.39, 0.29) is 0 Å². The predicted molar refractivity (Wildman–Crippen MR) is 150 cm³/mol. The molecule has 4 atom stereocenters. The molecule has 2 aliphatic rings. The van der Waals surface area contributed by atoms with E-state index in [1.54, 1.807) is 0 Å². The Balaban J connectivity index is 1.40. The van der Waals surface area contributed by atoms with Gasteiger partial charge in [0.15, 0.2) is 5.82 Å². The third-order valence-electron chi connectivity index (χ3n) is 8.49. The first kappa shape index (κ1) is 23.6. The molecule has 3 nitrogen and oxygen atoms in total. The SMILES string of the molecule is C[C@@H]1CC2C[C@H](C)CC(c3ccc(-c4cc(-c5ccc(C#N)cc5)nc(-c5ccccc5)n4)cc3)(C2)C1. The van der Waals surface area contributed by atoms with Crippen LogP contribution in [0.5, 0.6) is 0 Å². The quantitative estimate of drug-likeness (QED) is 0.292. The maximum absolute atomic E-state index is 9.21. The summed E-state index contributed by atoms with van der Waals surface area (Å²) in [4.78, 5) is 9.91. The number of rotatable bonds is 4. The Labute approximate surface area is 220 Å². The van der Waals surface area contributed by atoms with Gasteiger partial charge in [0.05, 0.1) is 23.0 Å². The molecule has 0 amide bonds. The van der Waals surface area contributed by atoms with Gasteiger partial charge < -0.3 is 0 Å².